The highest BCUT2D eigenvalue weighted by Crippen LogP contribution is 2.38. The van der Waals surface area contributed by atoms with Crippen LogP contribution < -0.4 is 5.11 Å². The van der Waals surface area contributed by atoms with Crippen molar-refractivity contribution >= 4 is 39.2 Å². The summed E-state index contributed by atoms with van der Waals surface area (Å²) in [6, 6.07) is 0. The smallest absolute Gasteiger partial charge is 0.175 e. The Morgan fingerprint density at radius 3 is 3.04 bits per heavy atom. The summed E-state index contributed by atoms with van der Waals surface area (Å²) in [6.45, 7) is 4.16. The van der Waals surface area contributed by atoms with E-state index in [-0.39, 0.29) is 0 Å². The number of carboxylic acids is 1. The van der Waals surface area contributed by atoms with Gasteiger partial charge in [-0.3, -0.25) is 0 Å². The van der Waals surface area contributed by atoms with Crippen LogP contribution in [0.25, 0.3) is 21.9 Å². The molecule has 0 radical (unpaired) electrons. The van der Waals surface area contributed by atoms with E-state index in [2.05, 4.69) is 22.0 Å². The molecule has 0 aliphatic heterocycles. The number of aryl methyl sites for hydroxylation is 2. The van der Waals surface area contributed by atoms with Gasteiger partial charge in [0.15, 0.2) is 11.5 Å². The topological polar surface area (TPSA) is 83.2 Å². The number of carbonyl (C=O) groups excluding carboxylic acids is 1. The Kier molecular flexibility index (Phi) is 3.19. The molecule has 3 aromatic heterocycles. The molecule has 0 fully saturated rings. The van der Waals surface area contributed by atoms with Gasteiger partial charge in [-0.2, -0.15) is 4.52 Å². The average molecular weight is 327 g/mol. The van der Waals surface area contributed by atoms with Crippen molar-refractivity contribution in [1.29, 1.82) is 0 Å². The maximum Gasteiger partial charge on any atom is 0.175 e. The third kappa shape index (κ3) is 2.31. The monoisotopic (exact) mass is 327 g/mol. The number of hydrogen-bond donors (Lipinski definition) is 0. The Bertz CT molecular complexity index is 970. The summed E-state index contributed by atoms with van der Waals surface area (Å²) in [5, 5.41) is 16.0. The van der Waals surface area contributed by atoms with Crippen molar-refractivity contribution in [3.05, 3.63) is 28.2 Å². The number of thiophene rings is 1. The minimum atomic E-state index is -1.26. The fourth-order valence-corrected chi connectivity index (χ4v) is 4.59. The molecule has 0 N–H and O–H groups in total. The van der Waals surface area contributed by atoms with Crippen LogP contribution >= 0.6 is 11.3 Å². The molecular formula is C16H15N4O2S-. The molecule has 4 rings (SSSR count). The van der Waals surface area contributed by atoms with Crippen molar-refractivity contribution < 1.29 is 9.90 Å². The van der Waals surface area contributed by atoms with Crippen molar-refractivity contribution in [2.75, 3.05) is 0 Å². The molecular weight excluding hydrogens is 312 g/mol. The van der Waals surface area contributed by atoms with Gasteiger partial charge in [-0.05, 0) is 49.8 Å². The molecule has 0 bridgehead atoms. The first-order valence-corrected chi connectivity index (χ1v) is 8.41. The molecule has 0 amide bonds. The lowest BCUT2D eigenvalue weighted by Gasteiger charge is -2.17. The SMILES string of the molecule is Cc1nc2sc3c(c2c2nc(/C=C\C(=O)[O-])nn12)CC[C@H](C)C3. The molecule has 0 spiro atoms. The minimum absolute atomic E-state index is 0.357. The van der Waals surface area contributed by atoms with Gasteiger partial charge >= 0.3 is 0 Å². The lowest BCUT2D eigenvalue weighted by atomic mass is 9.89. The van der Waals surface area contributed by atoms with Crippen molar-refractivity contribution in [3.63, 3.8) is 0 Å². The van der Waals surface area contributed by atoms with Crippen LogP contribution in [0.2, 0.25) is 0 Å². The van der Waals surface area contributed by atoms with Gasteiger partial charge in [-0.15, -0.1) is 16.4 Å². The highest BCUT2D eigenvalue weighted by atomic mass is 32.1. The van der Waals surface area contributed by atoms with E-state index in [1.54, 1.807) is 15.9 Å². The van der Waals surface area contributed by atoms with Crippen LogP contribution in [0.5, 0.6) is 0 Å². The van der Waals surface area contributed by atoms with Gasteiger partial charge in [0.1, 0.15) is 10.7 Å². The van der Waals surface area contributed by atoms with Crippen molar-refractivity contribution in [1.82, 2.24) is 19.6 Å². The van der Waals surface area contributed by atoms with Crippen LogP contribution in [0.3, 0.4) is 0 Å². The zero-order chi connectivity index (χ0) is 16.1. The fraction of sp³-hybridized carbons (Fsp3) is 0.375. The molecule has 118 valence electrons. The van der Waals surface area contributed by atoms with Gasteiger partial charge in [0.05, 0.1) is 11.4 Å². The number of rotatable bonds is 2. The molecule has 6 nitrogen and oxygen atoms in total. The summed E-state index contributed by atoms with van der Waals surface area (Å²) in [5.74, 6) is 0.549. The molecule has 3 aromatic rings. The van der Waals surface area contributed by atoms with Gasteiger partial charge < -0.3 is 9.90 Å². The largest absolute Gasteiger partial charge is 0.545 e. The second-order valence-electron chi connectivity index (χ2n) is 6.05. The summed E-state index contributed by atoms with van der Waals surface area (Å²) in [5.41, 5.74) is 2.10. The average Bonchev–Trinajstić information content (AvgIpc) is 3.05. The summed E-state index contributed by atoms with van der Waals surface area (Å²) >= 11 is 1.75. The molecule has 1 aliphatic carbocycles. The third-order valence-corrected chi connectivity index (χ3v) is 5.43. The predicted molar refractivity (Wildman–Crippen MR) is 86.1 cm³/mol. The van der Waals surface area contributed by atoms with Crippen LogP contribution in [0, 0.1) is 12.8 Å². The quantitative estimate of drug-likeness (QED) is 0.667. The molecule has 7 heteroatoms. The van der Waals surface area contributed by atoms with Crippen LogP contribution in [0.4, 0.5) is 0 Å². The number of aliphatic carboxylic acids is 1. The Balaban J connectivity index is 1.97. The van der Waals surface area contributed by atoms with Crippen LogP contribution in [0.1, 0.15) is 35.4 Å². The van der Waals surface area contributed by atoms with Gasteiger partial charge in [0.2, 0.25) is 0 Å². The van der Waals surface area contributed by atoms with E-state index in [0.717, 1.165) is 40.6 Å². The van der Waals surface area contributed by atoms with Crippen molar-refractivity contribution in [3.8, 4) is 0 Å². The van der Waals surface area contributed by atoms with E-state index in [4.69, 9.17) is 0 Å². The van der Waals surface area contributed by atoms with E-state index >= 15 is 0 Å². The van der Waals surface area contributed by atoms with Crippen molar-refractivity contribution in [2.24, 2.45) is 5.92 Å². The Hall–Kier alpha value is -2.28. The van der Waals surface area contributed by atoms with E-state index in [1.165, 1.54) is 22.9 Å². The zero-order valence-corrected chi connectivity index (χ0v) is 13.7. The van der Waals surface area contributed by atoms with Crippen molar-refractivity contribution in [2.45, 2.75) is 33.1 Å². The van der Waals surface area contributed by atoms with Gasteiger partial charge in [0, 0.05) is 4.88 Å². The van der Waals surface area contributed by atoms with Crippen LogP contribution in [0.15, 0.2) is 6.08 Å². The van der Waals surface area contributed by atoms with Gasteiger partial charge in [-0.25, -0.2) is 9.97 Å². The normalized spacial score (nSPS) is 18.1. The number of carboxylic acid groups (broad SMARTS) is 1. The molecule has 0 saturated carbocycles. The first-order chi connectivity index (χ1) is 11.0. The molecule has 0 aromatic carbocycles. The lowest BCUT2D eigenvalue weighted by Crippen LogP contribution is -2.18. The number of aromatic nitrogens is 4. The standard InChI is InChI=1S/C16H16N4O2S/c1-8-3-4-10-11(7-8)23-16-14(10)15-18-12(5-6-13(21)22)19-20(15)9(2)17-16/h5-6,8H,3-4,7H2,1-2H3,(H,21,22)/p-1/b6-5-/t8-/m0/s1. The van der Waals surface area contributed by atoms with Gasteiger partial charge in [-0.1, -0.05) is 6.92 Å². The first kappa shape index (κ1) is 14.3. The predicted octanol–water partition coefficient (Wildman–Crippen LogP) is 1.54. The van der Waals surface area contributed by atoms with E-state index in [9.17, 15) is 9.90 Å². The van der Waals surface area contributed by atoms with Gasteiger partial charge in [0.25, 0.3) is 0 Å². The third-order valence-electron chi connectivity index (χ3n) is 4.28. The number of carbonyl (C=O) groups is 1. The summed E-state index contributed by atoms with van der Waals surface area (Å²) in [7, 11) is 0. The second-order valence-corrected chi connectivity index (χ2v) is 7.13. The number of fused-ring (bicyclic) bond motifs is 5. The highest BCUT2D eigenvalue weighted by Gasteiger charge is 2.24. The van der Waals surface area contributed by atoms with E-state index in [0.29, 0.717) is 11.7 Å². The molecule has 3 heterocycles. The number of hydrogen-bond acceptors (Lipinski definition) is 6. The second kappa shape index (κ2) is 5.13. The molecule has 1 aliphatic rings. The minimum Gasteiger partial charge on any atom is -0.545 e. The molecule has 23 heavy (non-hydrogen) atoms. The summed E-state index contributed by atoms with van der Waals surface area (Å²) in [4.78, 5) is 22.2. The first-order valence-electron chi connectivity index (χ1n) is 7.59. The fourth-order valence-electron chi connectivity index (χ4n) is 3.17. The maximum absolute atomic E-state index is 10.6. The Labute approximate surface area is 136 Å². The zero-order valence-electron chi connectivity index (χ0n) is 12.9. The summed E-state index contributed by atoms with van der Waals surface area (Å²) in [6.07, 6.45) is 5.60. The van der Waals surface area contributed by atoms with E-state index in [1.807, 2.05) is 6.92 Å². The molecule has 0 saturated heterocycles. The van der Waals surface area contributed by atoms with Crippen LogP contribution in [-0.2, 0) is 17.6 Å². The number of nitrogens with zero attached hydrogens (tertiary/aromatic N) is 4. The van der Waals surface area contributed by atoms with Crippen LogP contribution in [-0.4, -0.2) is 25.6 Å². The highest BCUT2D eigenvalue weighted by molar-refractivity contribution is 7.19. The molecule has 0 unspecified atom stereocenters. The lowest BCUT2D eigenvalue weighted by molar-refractivity contribution is -0.297. The van der Waals surface area contributed by atoms with E-state index < -0.39 is 5.97 Å². The maximum atomic E-state index is 10.6. The Morgan fingerprint density at radius 2 is 2.26 bits per heavy atom. The summed E-state index contributed by atoms with van der Waals surface area (Å²) < 4.78 is 1.70. The Morgan fingerprint density at radius 1 is 1.43 bits per heavy atom. The molecule has 1 atom stereocenters.